The molecule has 0 unspecified atom stereocenters. The first-order chi connectivity index (χ1) is 17.3. The van der Waals surface area contributed by atoms with Gasteiger partial charge in [0.1, 0.15) is 24.0 Å². The maximum Gasteiger partial charge on any atom is 0.283 e. The highest BCUT2D eigenvalue weighted by molar-refractivity contribution is 8.27. The molecule has 0 aliphatic carbocycles. The molecular formula is C26H27ClN4O4S. The molecule has 0 saturated heterocycles. The summed E-state index contributed by atoms with van der Waals surface area (Å²) < 4.78 is 17.4. The standard InChI is InChI=1S/C26H27ClN4O4S/c1-5-33-22-14-17(6-9-21(22)35-11-10-34-18-7-8-20(27)16(4)12-18)13-19-23(28)31-26(29-24(19)32)36-25(30-31)15(2)3/h6-9,12-15,28H,5,10-11H2,1-4H3/b19-13+,28-23?. The quantitative estimate of drug-likeness (QED) is 0.328. The van der Waals surface area contributed by atoms with E-state index < -0.39 is 5.91 Å². The van der Waals surface area contributed by atoms with Crippen LogP contribution in [0, 0.1) is 18.3 Å². The van der Waals surface area contributed by atoms with Crippen molar-refractivity contribution in [3.8, 4) is 17.2 Å². The second-order valence-corrected chi connectivity index (χ2v) is 9.75. The molecule has 2 heterocycles. The van der Waals surface area contributed by atoms with Crippen LogP contribution in [0.2, 0.25) is 5.02 Å². The number of amides is 1. The zero-order valence-electron chi connectivity index (χ0n) is 20.5. The van der Waals surface area contributed by atoms with Gasteiger partial charge in [0, 0.05) is 10.9 Å². The Labute approximate surface area is 219 Å². The Balaban J connectivity index is 1.46. The van der Waals surface area contributed by atoms with Crippen molar-refractivity contribution in [3.63, 3.8) is 0 Å². The SMILES string of the molecule is CCOc1cc(/C=C2\C(=N)N3N=C(C(C)C)SC3=NC2=O)ccc1OCCOc1ccc(Cl)c(C)c1. The van der Waals surface area contributed by atoms with Crippen LogP contribution in [-0.4, -0.2) is 46.8 Å². The smallest absolute Gasteiger partial charge is 0.283 e. The van der Waals surface area contributed by atoms with E-state index in [4.69, 9.17) is 31.2 Å². The first-order valence-electron chi connectivity index (χ1n) is 11.6. The molecule has 188 valence electrons. The van der Waals surface area contributed by atoms with Gasteiger partial charge in [0.15, 0.2) is 17.3 Å². The average Bonchev–Trinajstić information content (AvgIpc) is 3.27. The Morgan fingerprint density at radius 1 is 1.11 bits per heavy atom. The summed E-state index contributed by atoms with van der Waals surface area (Å²) in [6, 6.07) is 10.8. The van der Waals surface area contributed by atoms with Crippen LogP contribution in [0.3, 0.4) is 0 Å². The molecule has 8 nitrogen and oxygen atoms in total. The van der Waals surface area contributed by atoms with Gasteiger partial charge >= 0.3 is 0 Å². The molecule has 0 bridgehead atoms. The van der Waals surface area contributed by atoms with E-state index in [2.05, 4.69) is 10.1 Å². The number of hydrogen-bond donors (Lipinski definition) is 1. The second kappa shape index (κ2) is 11.2. The monoisotopic (exact) mass is 526 g/mol. The van der Waals surface area contributed by atoms with Crippen LogP contribution in [0.15, 0.2) is 52.1 Å². The summed E-state index contributed by atoms with van der Waals surface area (Å²) in [4.78, 5) is 16.8. The number of hydrazone groups is 1. The third-order valence-corrected chi connectivity index (χ3v) is 6.91. The number of fused-ring (bicyclic) bond motifs is 1. The van der Waals surface area contributed by atoms with Crippen molar-refractivity contribution in [2.24, 2.45) is 16.0 Å². The number of carbonyl (C=O) groups excluding carboxylic acids is 1. The summed E-state index contributed by atoms with van der Waals surface area (Å²) in [6.07, 6.45) is 1.62. The summed E-state index contributed by atoms with van der Waals surface area (Å²) in [5.74, 6) is 1.53. The molecule has 0 atom stereocenters. The number of benzene rings is 2. The summed E-state index contributed by atoms with van der Waals surface area (Å²) in [5.41, 5.74) is 1.79. The van der Waals surface area contributed by atoms with Crippen LogP contribution in [0.4, 0.5) is 0 Å². The number of ether oxygens (including phenoxy) is 3. The van der Waals surface area contributed by atoms with E-state index in [0.29, 0.717) is 47.1 Å². The van der Waals surface area contributed by atoms with Crippen LogP contribution >= 0.6 is 23.4 Å². The van der Waals surface area contributed by atoms with E-state index in [0.717, 1.165) is 16.4 Å². The first kappa shape index (κ1) is 25.8. The lowest BCUT2D eigenvalue weighted by atomic mass is 10.1. The van der Waals surface area contributed by atoms with Crippen molar-refractivity contribution in [1.82, 2.24) is 5.01 Å². The molecule has 0 radical (unpaired) electrons. The molecule has 1 amide bonds. The minimum absolute atomic E-state index is 0.000946. The zero-order valence-corrected chi connectivity index (χ0v) is 22.1. The number of hydrogen-bond acceptors (Lipinski definition) is 7. The van der Waals surface area contributed by atoms with Gasteiger partial charge in [-0.3, -0.25) is 10.2 Å². The highest BCUT2D eigenvalue weighted by Crippen LogP contribution is 2.33. The molecule has 4 rings (SSSR count). The van der Waals surface area contributed by atoms with Gasteiger partial charge in [-0.2, -0.15) is 15.1 Å². The Kier molecular flexibility index (Phi) is 8.01. The number of nitrogens with one attached hydrogen (secondary N) is 1. The number of thioether (sulfide) groups is 1. The number of aryl methyl sites for hydroxylation is 1. The second-order valence-electron chi connectivity index (χ2n) is 8.36. The number of aliphatic imine (C=N–C) groups is 1. The Hall–Kier alpha value is -3.30. The van der Waals surface area contributed by atoms with Crippen LogP contribution < -0.4 is 14.2 Å². The summed E-state index contributed by atoms with van der Waals surface area (Å²) in [6.45, 7) is 8.92. The van der Waals surface area contributed by atoms with Crippen LogP contribution in [0.1, 0.15) is 31.9 Å². The molecule has 2 aliphatic heterocycles. The molecule has 0 fully saturated rings. The average molecular weight is 527 g/mol. The summed E-state index contributed by atoms with van der Waals surface area (Å²) in [7, 11) is 0. The van der Waals surface area contributed by atoms with E-state index in [9.17, 15) is 4.79 Å². The predicted octanol–water partition coefficient (Wildman–Crippen LogP) is 5.78. The van der Waals surface area contributed by atoms with E-state index >= 15 is 0 Å². The highest BCUT2D eigenvalue weighted by Gasteiger charge is 2.36. The van der Waals surface area contributed by atoms with E-state index in [1.54, 1.807) is 30.3 Å². The largest absolute Gasteiger partial charge is 0.490 e. The number of halogens is 1. The lowest BCUT2D eigenvalue weighted by Gasteiger charge is -2.20. The summed E-state index contributed by atoms with van der Waals surface area (Å²) >= 11 is 7.38. The van der Waals surface area contributed by atoms with Crippen molar-refractivity contribution in [1.29, 1.82) is 5.41 Å². The third-order valence-electron chi connectivity index (χ3n) is 5.28. The number of carbonyl (C=O) groups is 1. The molecule has 2 aromatic rings. The molecule has 10 heteroatoms. The Morgan fingerprint density at radius 2 is 1.89 bits per heavy atom. The topological polar surface area (TPSA) is 96.6 Å². The molecule has 0 saturated carbocycles. The zero-order chi connectivity index (χ0) is 25.8. The first-order valence-corrected chi connectivity index (χ1v) is 12.7. The van der Waals surface area contributed by atoms with Gasteiger partial charge in [-0.15, -0.1) is 0 Å². The number of rotatable bonds is 9. The van der Waals surface area contributed by atoms with Crippen LogP contribution in [-0.2, 0) is 4.79 Å². The van der Waals surface area contributed by atoms with Crippen LogP contribution in [0.5, 0.6) is 17.2 Å². The maximum absolute atomic E-state index is 12.7. The van der Waals surface area contributed by atoms with Gasteiger partial charge in [-0.05, 0) is 73.1 Å². The molecule has 0 spiro atoms. The van der Waals surface area contributed by atoms with E-state index in [-0.39, 0.29) is 17.3 Å². The minimum Gasteiger partial charge on any atom is -0.490 e. The van der Waals surface area contributed by atoms with Crippen molar-refractivity contribution in [3.05, 3.63) is 58.1 Å². The van der Waals surface area contributed by atoms with Gasteiger partial charge in [0.05, 0.1) is 12.2 Å². The predicted molar refractivity (Wildman–Crippen MR) is 145 cm³/mol. The van der Waals surface area contributed by atoms with Gasteiger partial charge in [-0.1, -0.05) is 31.5 Å². The maximum atomic E-state index is 12.7. The fourth-order valence-corrected chi connectivity index (χ4v) is 4.44. The van der Waals surface area contributed by atoms with Gasteiger partial charge in [0.2, 0.25) is 5.17 Å². The third kappa shape index (κ3) is 5.74. The molecule has 2 aliphatic rings. The minimum atomic E-state index is -0.466. The van der Waals surface area contributed by atoms with Crippen molar-refractivity contribution in [2.75, 3.05) is 19.8 Å². The van der Waals surface area contributed by atoms with Gasteiger partial charge in [-0.25, -0.2) is 0 Å². The molecule has 2 aromatic carbocycles. The molecule has 0 aromatic heterocycles. The normalized spacial score (nSPS) is 16.3. The fraction of sp³-hybridized carbons (Fsp3) is 0.308. The van der Waals surface area contributed by atoms with Crippen molar-refractivity contribution in [2.45, 2.75) is 27.7 Å². The number of amidine groups is 2. The lowest BCUT2D eigenvalue weighted by molar-refractivity contribution is -0.114. The molecule has 1 N–H and O–H groups in total. The van der Waals surface area contributed by atoms with E-state index in [1.807, 2.05) is 39.8 Å². The summed E-state index contributed by atoms with van der Waals surface area (Å²) in [5, 5.41) is 16.3. The Bertz CT molecular complexity index is 1290. The van der Waals surface area contributed by atoms with Gasteiger partial charge < -0.3 is 14.2 Å². The molecular weight excluding hydrogens is 500 g/mol. The molecule has 36 heavy (non-hydrogen) atoms. The fourth-order valence-electron chi connectivity index (χ4n) is 3.43. The van der Waals surface area contributed by atoms with Crippen molar-refractivity contribution >= 4 is 51.4 Å². The van der Waals surface area contributed by atoms with E-state index in [1.165, 1.54) is 16.8 Å². The number of nitrogens with zero attached hydrogens (tertiary/aromatic N) is 3. The highest BCUT2D eigenvalue weighted by atomic mass is 35.5. The van der Waals surface area contributed by atoms with Crippen LogP contribution in [0.25, 0.3) is 6.08 Å². The lowest BCUT2D eigenvalue weighted by Crippen LogP contribution is -2.35. The van der Waals surface area contributed by atoms with Crippen molar-refractivity contribution < 1.29 is 19.0 Å². The Morgan fingerprint density at radius 3 is 2.61 bits per heavy atom. The van der Waals surface area contributed by atoms with Gasteiger partial charge in [0.25, 0.3) is 5.91 Å².